The fourth-order valence-corrected chi connectivity index (χ4v) is 2.21. The lowest BCUT2D eigenvalue weighted by molar-refractivity contribution is 0.0955. The number of hydrogen-bond acceptors (Lipinski definition) is 3. The zero-order valence-corrected chi connectivity index (χ0v) is 14.3. The minimum Gasteiger partial charge on any atom is -0.497 e. The van der Waals surface area contributed by atoms with E-state index in [1.165, 1.54) is 0 Å². The first kappa shape index (κ1) is 16.2. The van der Waals surface area contributed by atoms with Crippen molar-refractivity contribution in [2.45, 2.75) is 13.8 Å². The van der Waals surface area contributed by atoms with Crippen molar-refractivity contribution < 1.29 is 9.53 Å². The number of nitrogens with one attached hydrogen (secondary N) is 1. The molecule has 0 saturated heterocycles. The molecular weight excluding hydrogens is 344 g/mol. The first-order valence-electron chi connectivity index (χ1n) is 6.76. The Labute approximate surface area is 138 Å². The lowest BCUT2D eigenvalue weighted by atomic mass is 10.1. The van der Waals surface area contributed by atoms with Crippen molar-refractivity contribution in [3.05, 3.63) is 63.6 Å². The van der Waals surface area contributed by atoms with Crippen LogP contribution in [0, 0.1) is 6.92 Å². The van der Waals surface area contributed by atoms with Crippen LogP contribution in [0.25, 0.3) is 0 Å². The van der Waals surface area contributed by atoms with E-state index >= 15 is 0 Å². The van der Waals surface area contributed by atoms with Crippen LogP contribution in [0.2, 0.25) is 0 Å². The summed E-state index contributed by atoms with van der Waals surface area (Å²) in [5.74, 6) is 0.540. The Morgan fingerprint density at radius 3 is 2.36 bits per heavy atom. The van der Waals surface area contributed by atoms with Crippen LogP contribution in [0.3, 0.4) is 0 Å². The summed E-state index contributed by atoms with van der Waals surface area (Å²) in [6.45, 7) is 3.81. The molecule has 0 fully saturated rings. The largest absolute Gasteiger partial charge is 0.497 e. The molecule has 0 saturated carbocycles. The van der Waals surface area contributed by atoms with Crippen molar-refractivity contribution in [3.8, 4) is 5.75 Å². The van der Waals surface area contributed by atoms with Crippen LogP contribution in [0.4, 0.5) is 0 Å². The van der Waals surface area contributed by atoms with Gasteiger partial charge in [-0.2, -0.15) is 5.10 Å². The van der Waals surface area contributed by atoms with Crippen molar-refractivity contribution in [2.75, 3.05) is 7.11 Å². The minimum absolute atomic E-state index is 0.242. The van der Waals surface area contributed by atoms with E-state index in [2.05, 4.69) is 26.5 Å². The summed E-state index contributed by atoms with van der Waals surface area (Å²) in [5.41, 5.74) is 5.85. The molecule has 2 aromatic rings. The molecule has 4 nitrogen and oxygen atoms in total. The van der Waals surface area contributed by atoms with Gasteiger partial charge < -0.3 is 4.74 Å². The molecule has 22 heavy (non-hydrogen) atoms. The van der Waals surface area contributed by atoms with Gasteiger partial charge in [0.15, 0.2) is 0 Å². The van der Waals surface area contributed by atoms with Gasteiger partial charge in [0, 0.05) is 10.0 Å². The van der Waals surface area contributed by atoms with E-state index in [0.717, 1.165) is 27.1 Å². The summed E-state index contributed by atoms with van der Waals surface area (Å²) >= 11 is 3.42. The maximum Gasteiger partial charge on any atom is 0.271 e. The predicted molar refractivity (Wildman–Crippen MR) is 91.6 cm³/mol. The predicted octanol–water partition coefficient (Wildman–Crippen LogP) is 3.92. The Morgan fingerprint density at radius 2 is 1.77 bits per heavy atom. The van der Waals surface area contributed by atoms with Crippen molar-refractivity contribution in [1.82, 2.24) is 5.43 Å². The van der Waals surface area contributed by atoms with Gasteiger partial charge in [0.25, 0.3) is 5.91 Å². The van der Waals surface area contributed by atoms with Gasteiger partial charge in [0.1, 0.15) is 5.75 Å². The lowest BCUT2D eigenvalue weighted by Gasteiger charge is -2.05. The van der Waals surface area contributed by atoms with Crippen molar-refractivity contribution in [3.63, 3.8) is 0 Å². The quantitative estimate of drug-likeness (QED) is 0.663. The average Bonchev–Trinajstić information content (AvgIpc) is 2.54. The SMILES string of the molecule is COc1ccc(/C(C)=N/NC(=O)c2ccc(C)c(Br)c2)cc1. The fourth-order valence-electron chi connectivity index (χ4n) is 1.83. The van der Waals surface area contributed by atoms with Crippen molar-refractivity contribution in [2.24, 2.45) is 5.10 Å². The standard InChI is InChI=1S/C17H17BrN2O2/c1-11-4-5-14(10-16(11)18)17(21)20-19-12(2)13-6-8-15(22-3)9-7-13/h4-10H,1-3H3,(H,20,21)/b19-12+. The molecule has 1 amide bonds. The van der Waals surface area contributed by atoms with Crippen LogP contribution in [0.5, 0.6) is 5.75 Å². The van der Waals surface area contributed by atoms with Crippen LogP contribution >= 0.6 is 15.9 Å². The first-order chi connectivity index (χ1) is 10.5. The molecule has 2 rings (SSSR count). The van der Waals surface area contributed by atoms with Gasteiger partial charge >= 0.3 is 0 Å². The highest BCUT2D eigenvalue weighted by Crippen LogP contribution is 2.17. The van der Waals surface area contributed by atoms with Gasteiger partial charge in [-0.25, -0.2) is 5.43 Å². The number of methoxy groups -OCH3 is 1. The number of hydrogen-bond donors (Lipinski definition) is 1. The Bertz CT molecular complexity index is 709. The van der Waals surface area contributed by atoms with Gasteiger partial charge in [0.2, 0.25) is 0 Å². The lowest BCUT2D eigenvalue weighted by Crippen LogP contribution is -2.19. The Kier molecular flexibility index (Phi) is 5.33. The molecule has 0 aliphatic rings. The molecule has 0 spiro atoms. The van der Waals surface area contributed by atoms with Gasteiger partial charge in [-0.05, 0) is 61.4 Å². The van der Waals surface area contributed by atoms with E-state index < -0.39 is 0 Å². The van der Waals surface area contributed by atoms with E-state index in [4.69, 9.17) is 4.74 Å². The Morgan fingerprint density at radius 1 is 1.14 bits per heavy atom. The molecule has 1 N–H and O–H groups in total. The summed E-state index contributed by atoms with van der Waals surface area (Å²) in [6.07, 6.45) is 0. The molecule has 114 valence electrons. The number of benzene rings is 2. The number of carbonyl (C=O) groups is 1. The molecule has 0 aliphatic heterocycles. The normalized spacial score (nSPS) is 11.2. The number of aryl methyl sites for hydroxylation is 1. The van der Waals surface area contributed by atoms with Crippen molar-refractivity contribution >= 4 is 27.5 Å². The number of nitrogens with zero attached hydrogens (tertiary/aromatic N) is 1. The second-order valence-electron chi connectivity index (χ2n) is 4.83. The van der Waals surface area contributed by atoms with Gasteiger partial charge in [-0.3, -0.25) is 4.79 Å². The Balaban J connectivity index is 2.08. The van der Waals surface area contributed by atoms with Crippen LogP contribution in [-0.4, -0.2) is 18.7 Å². The zero-order chi connectivity index (χ0) is 16.1. The number of ether oxygens (including phenoxy) is 1. The van der Waals surface area contributed by atoms with Crippen LogP contribution in [-0.2, 0) is 0 Å². The first-order valence-corrected chi connectivity index (χ1v) is 7.56. The molecule has 0 atom stereocenters. The average molecular weight is 361 g/mol. The smallest absolute Gasteiger partial charge is 0.271 e. The molecule has 0 aromatic heterocycles. The molecule has 0 radical (unpaired) electrons. The van der Waals surface area contributed by atoms with Crippen molar-refractivity contribution in [1.29, 1.82) is 0 Å². The van der Waals surface area contributed by atoms with E-state index in [1.54, 1.807) is 19.2 Å². The molecular formula is C17H17BrN2O2. The van der Waals surface area contributed by atoms with Crippen LogP contribution in [0.1, 0.15) is 28.4 Å². The summed E-state index contributed by atoms with van der Waals surface area (Å²) in [6, 6.07) is 12.9. The topological polar surface area (TPSA) is 50.7 Å². The highest BCUT2D eigenvalue weighted by atomic mass is 79.9. The van der Waals surface area contributed by atoms with E-state index in [-0.39, 0.29) is 5.91 Å². The number of hydrazone groups is 1. The number of rotatable bonds is 4. The highest BCUT2D eigenvalue weighted by Gasteiger charge is 2.07. The number of amides is 1. The maximum absolute atomic E-state index is 12.1. The highest BCUT2D eigenvalue weighted by molar-refractivity contribution is 9.10. The minimum atomic E-state index is -0.242. The zero-order valence-electron chi connectivity index (χ0n) is 12.7. The summed E-state index contributed by atoms with van der Waals surface area (Å²) in [7, 11) is 1.62. The third-order valence-electron chi connectivity index (χ3n) is 3.27. The molecule has 0 bridgehead atoms. The third kappa shape index (κ3) is 3.95. The van der Waals surface area contributed by atoms with E-state index in [1.807, 2.05) is 44.2 Å². The van der Waals surface area contributed by atoms with Gasteiger partial charge in [-0.15, -0.1) is 0 Å². The summed E-state index contributed by atoms with van der Waals surface area (Å²) in [4.78, 5) is 12.1. The molecule has 0 aliphatic carbocycles. The molecule has 0 unspecified atom stereocenters. The molecule has 2 aromatic carbocycles. The maximum atomic E-state index is 12.1. The van der Waals surface area contributed by atoms with Gasteiger partial charge in [-0.1, -0.05) is 22.0 Å². The second kappa shape index (κ2) is 7.22. The summed E-state index contributed by atoms with van der Waals surface area (Å²) in [5, 5.41) is 4.14. The molecule has 5 heteroatoms. The monoisotopic (exact) mass is 360 g/mol. The number of carbonyl (C=O) groups excluding carboxylic acids is 1. The third-order valence-corrected chi connectivity index (χ3v) is 4.12. The van der Waals surface area contributed by atoms with Crippen LogP contribution < -0.4 is 10.2 Å². The summed E-state index contributed by atoms with van der Waals surface area (Å²) < 4.78 is 6.01. The Hall–Kier alpha value is -2.14. The van der Waals surface area contributed by atoms with Gasteiger partial charge in [0.05, 0.1) is 12.8 Å². The number of halogens is 1. The molecule has 0 heterocycles. The fraction of sp³-hybridized carbons (Fsp3) is 0.176. The van der Waals surface area contributed by atoms with E-state index in [0.29, 0.717) is 5.56 Å². The van der Waals surface area contributed by atoms with Crippen LogP contribution in [0.15, 0.2) is 52.0 Å². The second-order valence-corrected chi connectivity index (χ2v) is 5.68. The van der Waals surface area contributed by atoms with E-state index in [9.17, 15) is 4.79 Å².